The maximum Gasteiger partial charge on any atom is 0.280 e. The van der Waals surface area contributed by atoms with Crippen molar-refractivity contribution in [1.82, 2.24) is 10.2 Å². The van der Waals surface area contributed by atoms with E-state index in [2.05, 4.69) is 5.32 Å². The molecule has 2 N–H and O–H groups in total. The largest absolute Gasteiger partial charge is 0.355 e. The molecule has 5 heteroatoms. The van der Waals surface area contributed by atoms with Gasteiger partial charge in [-0.3, -0.25) is 9.59 Å². The highest BCUT2D eigenvalue weighted by atomic mass is 16.2. The average molecular weight is 369 g/mol. The summed E-state index contributed by atoms with van der Waals surface area (Å²) in [4.78, 5) is 27.6. The van der Waals surface area contributed by atoms with Crippen LogP contribution in [0.2, 0.25) is 0 Å². The zero-order valence-electron chi connectivity index (χ0n) is 16.7. The van der Waals surface area contributed by atoms with Crippen molar-refractivity contribution in [2.24, 2.45) is 0 Å². The molecule has 0 radical (unpaired) electrons. The quantitative estimate of drug-likeness (QED) is 0.742. The normalized spacial score (nSPS) is 12.9. The Morgan fingerprint density at radius 2 is 1.67 bits per heavy atom. The smallest absolute Gasteiger partial charge is 0.280 e. The fourth-order valence-corrected chi connectivity index (χ4v) is 3.03. The third-order valence-electron chi connectivity index (χ3n) is 4.95. The van der Waals surface area contributed by atoms with Gasteiger partial charge >= 0.3 is 0 Å². The predicted molar refractivity (Wildman–Crippen MR) is 107 cm³/mol. The van der Waals surface area contributed by atoms with Crippen molar-refractivity contribution >= 4 is 11.8 Å². The van der Waals surface area contributed by atoms with E-state index in [-0.39, 0.29) is 17.9 Å². The number of carbonyl (C=O) groups is 2. The molecule has 0 saturated carbocycles. The van der Waals surface area contributed by atoms with Crippen LogP contribution in [-0.2, 0) is 17.9 Å². The molecular weight excluding hydrogens is 338 g/mol. The first-order chi connectivity index (χ1) is 13.0. The van der Waals surface area contributed by atoms with Gasteiger partial charge in [-0.05, 0) is 31.5 Å². The lowest BCUT2D eigenvalue weighted by Gasteiger charge is -2.28. The Balaban J connectivity index is 1.99. The summed E-state index contributed by atoms with van der Waals surface area (Å²) in [5.74, 6) is 0.0612. The van der Waals surface area contributed by atoms with E-state index in [4.69, 9.17) is 0 Å². The Morgan fingerprint density at radius 1 is 1.04 bits per heavy atom. The summed E-state index contributed by atoms with van der Waals surface area (Å²) >= 11 is 0. The van der Waals surface area contributed by atoms with Gasteiger partial charge < -0.3 is 15.1 Å². The lowest BCUT2D eigenvalue weighted by molar-refractivity contribution is -0.908. The number of benzene rings is 2. The highest BCUT2D eigenvalue weighted by Crippen LogP contribution is 2.06. The van der Waals surface area contributed by atoms with Crippen LogP contribution in [0, 0.1) is 0 Å². The Labute approximate surface area is 162 Å². The van der Waals surface area contributed by atoms with Gasteiger partial charge in [0.25, 0.3) is 11.8 Å². The van der Waals surface area contributed by atoms with Crippen LogP contribution in [0.3, 0.4) is 0 Å². The van der Waals surface area contributed by atoms with Crippen LogP contribution in [-0.4, -0.2) is 43.4 Å². The molecule has 5 nitrogen and oxygen atoms in total. The molecule has 0 spiro atoms. The zero-order chi connectivity index (χ0) is 19.8. The highest BCUT2D eigenvalue weighted by Gasteiger charge is 2.26. The Morgan fingerprint density at radius 3 is 2.22 bits per heavy atom. The Bertz CT molecular complexity index is 744. The molecule has 0 aromatic heterocycles. The van der Waals surface area contributed by atoms with Crippen molar-refractivity contribution in [1.29, 1.82) is 0 Å². The van der Waals surface area contributed by atoms with E-state index < -0.39 is 0 Å². The van der Waals surface area contributed by atoms with Gasteiger partial charge in [0.05, 0.1) is 7.05 Å². The van der Waals surface area contributed by atoms with Crippen molar-refractivity contribution in [3.05, 3.63) is 71.3 Å². The molecule has 2 aromatic carbocycles. The summed E-state index contributed by atoms with van der Waals surface area (Å²) in [6, 6.07) is 17.5. The number of hydrogen-bond donors (Lipinski definition) is 2. The van der Waals surface area contributed by atoms with Gasteiger partial charge in [0.1, 0.15) is 6.54 Å². The maximum atomic E-state index is 12.9. The number of nitrogens with zero attached hydrogens (tertiary/aromatic N) is 1. The van der Waals surface area contributed by atoms with E-state index in [0.717, 1.165) is 22.6 Å². The first kappa shape index (κ1) is 20.6. The van der Waals surface area contributed by atoms with Crippen molar-refractivity contribution in [3.8, 4) is 0 Å². The third kappa shape index (κ3) is 5.66. The molecule has 0 bridgehead atoms. The maximum absolute atomic E-state index is 12.9. The van der Waals surface area contributed by atoms with Gasteiger partial charge in [-0.15, -0.1) is 0 Å². The molecule has 2 aromatic rings. The number of rotatable bonds is 8. The molecule has 2 amide bonds. The lowest BCUT2D eigenvalue weighted by Crippen LogP contribution is -3.12. The molecule has 0 fully saturated rings. The number of hydrogen-bond acceptors (Lipinski definition) is 2. The summed E-state index contributed by atoms with van der Waals surface area (Å²) < 4.78 is 0. The number of amides is 2. The molecule has 27 heavy (non-hydrogen) atoms. The van der Waals surface area contributed by atoms with Gasteiger partial charge in [-0.2, -0.15) is 0 Å². The van der Waals surface area contributed by atoms with Crippen LogP contribution in [0.25, 0.3) is 0 Å². The minimum absolute atomic E-state index is 0.0923. The van der Waals surface area contributed by atoms with Crippen LogP contribution in [0.4, 0.5) is 0 Å². The Hall–Kier alpha value is -2.66. The molecule has 0 saturated heterocycles. The van der Waals surface area contributed by atoms with E-state index >= 15 is 0 Å². The predicted octanol–water partition coefficient (Wildman–Crippen LogP) is 1.50. The molecule has 2 atom stereocenters. The molecular formula is C22H30N3O2+. The lowest BCUT2D eigenvalue weighted by atomic mass is 10.1. The van der Waals surface area contributed by atoms with Crippen LogP contribution < -0.4 is 10.2 Å². The molecule has 0 aliphatic carbocycles. The average Bonchev–Trinajstić information content (AvgIpc) is 2.71. The molecule has 0 aliphatic rings. The molecule has 1 unspecified atom stereocenters. The van der Waals surface area contributed by atoms with E-state index in [1.165, 1.54) is 0 Å². The number of carbonyl (C=O) groups excluding carboxylic acids is 2. The summed E-state index contributed by atoms with van der Waals surface area (Å²) in [5.41, 5.74) is 2.89. The molecule has 144 valence electrons. The summed E-state index contributed by atoms with van der Waals surface area (Å²) in [6.07, 6.45) is 0. The third-order valence-corrected chi connectivity index (χ3v) is 4.95. The minimum Gasteiger partial charge on any atom is -0.355 e. The van der Waals surface area contributed by atoms with E-state index in [0.29, 0.717) is 18.7 Å². The monoisotopic (exact) mass is 368 g/mol. The summed E-state index contributed by atoms with van der Waals surface area (Å²) in [7, 11) is 3.65. The van der Waals surface area contributed by atoms with Crippen molar-refractivity contribution in [2.75, 3.05) is 20.6 Å². The van der Waals surface area contributed by atoms with Crippen molar-refractivity contribution in [2.45, 2.75) is 33.0 Å². The highest BCUT2D eigenvalue weighted by molar-refractivity contribution is 5.93. The second kappa shape index (κ2) is 9.88. The second-order valence-electron chi connectivity index (χ2n) is 6.86. The standard InChI is InChI=1S/C22H29N3O2/c1-5-25(16-18-9-7-6-8-10-18)22(27)17(2)24(4)15-19-11-13-20(14-12-19)21(26)23-3/h6-14,17H,5,15-16H2,1-4H3,(H,23,26)/p+1/t17-/m1/s1. The van der Waals surface area contributed by atoms with Gasteiger partial charge in [0.2, 0.25) is 0 Å². The van der Waals surface area contributed by atoms with Gasteiger partial charge in [-0.25, -0.2) is 0 Å². The van der Waals surface area contributed by atoms with E-state index in [1.54, 1.807) is 7.05 Å². The molecule has 2 rings (SSSR count). The van der Waals surface area contributed by atoms with Crippen LogP contribution in [0.1, 0.15) is 35.3 Å². The molecule has 0 aliphatic heterocycles. The zero-order valence-corrected chi connectivity index (χ0v) is 16.7. The second-order valence-corrected chi connectivity index (χ2v) is 6.86. The first-order valence-corrected chi connectivity index (χ1v) is 9.42. The number of likely N-dealkylation sites (N-methyl/N-ethyl adjacent to an activating group) is 2. The Kier molecular flexibility index (Phi) is 7.55. The molecule has 0 heterocycles. The van der Waals surface area contributed by atoms with Gasteiger partial charge in [0, 0.05) is 31.3 Å². The first-order valence-electron chi connectivity index (χ1n) is 9.42. The van der Waals surface area contributed by atoms with Crippen LogP contribution >= 0.6 is 0 Å². The van der Waals surface area contributed by atoms with Crippen LogP contribution in [0.15, 0.2) is 54.6 Å². The summed E-state index contributed by atoms with van der Waals surface area (Å²) in [5, 5.41) is 2.62. The fraction of sp³-hybridized carbons (Fsp3) is 0.364. The topological polar surface area (TPSA) is 53.9 Å². The van der Waals surface area contributed by atoms with Crippen LogP contribution in [0.5, 0.6) is 0 Å². The van der Waals surface area contributed by atoms with Gasteiger partial charge in [-0.1, -0.05) is 42.5 Å². The van der Waals surface area contributed by atoms with E-state index in [9.17, 15) is 9.59 Å². The summed E-state index contributed by atoms with van der Waals surface area (Å²) in [6.45, 7) is 6.04. The number of nitrogens with one attached hydrogen (secondary N) is 2. The van der Waals surface area contributed by atoms with Gasteiger partial charge in [0.15, 0.2) is 6.04 Å². The van der Waals surface area contributed by atoms with Crippen molar-refractivity contribution in [3.63, 3.8) is 0 Å². The van der Waals surface area contributed by atoms with E-state index in [1.807, 2.05) is 80.4 Å². The fourth-order valence-electron chi connectivity index (χ4n) is 3.03. The minimum atomic E-state index is -0.146. The number of quaternary nitrogens is 1. The van der Waals surface area contributed by atoms with Crippen molar-refractivity contribution < 1.29 is 14.5 Å². The SMILES string of the molecule is CCN(Cc1ccccc1)C(=O)[C@@H](C)[NH+](C)Cc1ccc(C(=O)NC)cc1.